The van der Waals surface area contributed by atoms with Gasteiger partial charge in [-0.15, -0.1) is 11.8 Å². The minimum absolute atomic E-state index is 0.0386. The standard InChI is InChI=1S/C29H33ClN2O3S/c1-21(2)31-29(34)27(17-22-8-5-4-6-9-22)32(18-24-10-7-11-25(30)16-24)28(33)20-36-19-23-12-14-26(35-3)15-13-23/h4-16,21,27H,17-20H2,1-3H3,(H,31,34)/t27-/m0/s1. The summed E-state index contributed by atoms with van der Waals surface area (Å²) < 4.78 is 5.22. The summed E-state index contributed by atoms with van der Waals surface area (Å²) in [4.78, 5) is 28.7. The number of amides is 2. The second-order valence-corrected chi connectivity index (χ2v) is 10.3. The highest BCUT2D eigenvalue weighted by atomic mass is 35.5. The van der Waals surface area contributed by atoms with Crippen LogP contribution in [0.2, 0.25) is 5.02 Å². The summed E-state index contributed by atoms with van der Waals surface area (Å²) in [6.07, 6.45) is 0.425. The molecule has 0 unspecified atom stereocenters. The Morgan fingerprint density at radius 3 is 2.28 bits per heavy atom. The van der Waals surface area contributed by atoms with Gasteiger partial charge in [-0.3, -0.25) is 9.59 Å². The van der Waals surface area contributed by atoms with Crippen LogP contribution in [0.15, 0.2) is 78.9 Å². The largest absolute Gasteiger partial charge is 0.497 e. The minimum atomic E-state index is -0.650. The fourth-order valence-electron chi connectivity index (χ4n) is 3.83. The lowest BCUT2D eigenvalue weighted by Gasteiger charge is -2.32. The highest BCUT2D eigenvalue weighted by Crippen LogP contribution is 2.21. The van der Waals surface area contributed by atoms with E-state index in [0.717, 1.165) is 22.4 Å². The van der Waals surface area contributed by atoms with E-state index < -0.39 is 6.04 Å². The molecule has 0 saturated heterocycles. The molecule has 0 spiro atoms. The summed E-state index contributed by atoms with van der Waals surface area (Å²) in [5, 5.41) is 3.61. The van der Waals surface area contributed by atoms with Crippen LogP contribution in [0.5, 0.6) is 5.75 Å². The second-order valence-electron chi connectivity index (χ2n) is 8.86. The molecule has 0 aliphatic rings. The van der Waals surface area contributed by atoms with E-state index in [1.54, 1.807) is 18.1 Å². The number of carbonyl (C=O) groups is 2. The van der Waals surface area contributed by atoms with Crippen LogP contribution in [0.25, 0.3) is 0 Å². The summed E-state index contributed by atoms with van der Waals surface area (Å²) in [5.41, 5.74) is 2.98. The monoisotopic (exact) mass is 524 g/mol. The van der Waals surface area contributed by atoms with Crippen molar-refractivity contribution in [2.75, 3.05) is 12.9 Å². The van der Waals surface area contributed by atoms with Gasteiger partial charge in [-0.1, -0.05) is 66.2 Å². The van der Waals surface area contributed by atoms with Crippen LogP contribution in [-0.4, -0.2) is 41.7 Å². The van der Waals surface area contributed by atoms with Crippen LogP contribution >= 0.6 is 23.4 Å². The van der Waals surface area contributed by atoms with Crippen LogP contribution in [-0.2, 0) is 28.3 Å². The third-order valence-electron chi connectivity index (χ3n) is 5.60. The Hall–Kier alpha value is -2.96. The van der Waals surface area contributed by atoms with E-state index in [2.05, 4.69) is 5.32 Å². The number of hydrogen-bond donors (Lipinski definition) is 1. The summed E-state index contributed by atoms with van der Waals surface area (Å²) in [5.74, 6) is 1.49. The molecule has 0 heterocycles. The molecule has 0 aromatic heterocycles. The van der Waals surface area contributed by atoms with Gasteiger partial charge in [0.1, 0.15) is 11.8 Å². The Bertz CT molecular complexity index is 1120. The zero-order chi connectivity index (χ0) is 25.9. The predicted octanol–water partition coefficient (Wildman–Crippen LogP) is 5.75. The molecule has 0 bridgehead atoms. The van der Waals surface area contributed by atoms with Gasteiger partial charge < -0.3 is 15.0 Å². The van der Waals surface area contributed by atoms with Crippen LogP contribution in [0.3, 0.4) is 0 Å². The minimum Gasteiger partial charge on any atom is -0.497 e. The van der Waals surface area contributed by atoms with Crippen molar-refractivity contribution in [1.82, 2.24) is 10.2 Å². The van der Waals surface area contributed by atoms with Crippen molar-refractivity contribution in [3.8, 4) is 5.75 Å². The predicted molar refractivity (Wildman–Crippen MR) is 148 cm³/mol. The molecule has 36 heavy (non-hydrogen) atoms. The lowest BCUT2D eigenvalue weighted by molar-refractivity contribution is -0.139. The van der Waals surface area contributed by atoms with Gasteiger partial charge in [0.05, 0.1) is 12.9 Å². The molecule has 0 fully saturated rings. The highest BCUT2D eigenvalue weighted by molar-refractivity contribution is 7.99. The molecule has 1 N–H and O–H groups in total. The second kappa shape index (κ2) is 14.0. The Morgan fingerprint density at radius 1 is 0.944 bits per heavy atom. The van der Waals surface area contributed by atoms with Crippen LogP contribution in [0.1, 0.15) is 30.5 Å². The first kappa shape index (κ1) is 27.6. The Labute approximate surface area is 223 Å². The van der Waals surface area contributed by atoms with E-state index in [1.807, 2.05) is 86.6 Å². The van der Waals surface area contributed by atoms with E-state index in [1.165, 1.54) is 11.8 Å². The normalized spacial score (nSPS) is 11.7. The van der Waals surface area contributed by atoms with Crippen molar-refractivity contribution >= 4 is 35.2 Å². The van der Waals surface area contributed by atoms with Crippen molar-refractivity contribution in [2.24, 2.45) is 0 Å². The lowest BCUT2D eigenvalue weighted by Crippen LogP contribution is -2.52. The van der Waals surface area contributed by atoms with Gasteiger partial charge in [0.15, 0.2) is 0 Å². The van der Waals surface area contributed by atoms with Crippen molar-refractivity contribution in [2.45, 2.75) is 44.6 Å². The molecule has 0 radical (unpaired) electrons. The third kappa shape index (κ3) is 8.61. The number of thioether (sulfide) groups is 1. The summed E-state index contributed by atoms with van der Waals surface area (Å²) in [6, 6.07) is 24.3. The van der Waals surface area contributed by atoms with Gasteiger partial charge >= 0.3 is 0 Å². The van der Waals surface area contributed by atoms with Gasteiger partial charge in [-0.25, -0.2) is 0 Å². The molecule has 1 atom stereocenters. The van der Waals surface area contributed by atoms with Crippen molar-refractivity contribution in [3.63, 3.8) is 0 Å². The summed E-state index contributed by atoms with van der Waals surface area (Å²) in [6.45, 7) is 4.14. The average molecular weight is 525 g/mol. The molecule has 3 aromatic rings. The topological polar surface area (TPSA) is 58.6 Å². The Morgan fingerprint density at radius 2 is 1.64 bits per heavy atom. The van der Waals surface area contributed by atoms with E-state index >= 15 is 0 Å². The van der Waals surface area contributed by atoms with Crippen LogP contribution in [0.4, 0.5) is 0 Å². The third-order valence-corrected chi connectivity index (χ3v) is 6.82. The first-order valence-electron chi connectivity index (χ1n) is 11.9. The highest BCUT2D eigenvalue weighted by Gasteiger charge is 2.30. The lowest BCUT2D eigenvalue weighted by atomic mass is 10.0. The quantitative estimate of drug-likeness (QED) is 0.328. The fraction of sp³-hybridized carbons (Fsp3) is 0.310. The van der Waals surface area contributed by atoms with Crippen molar-refractivity contribution < 1.29 is 14.3 Å². The molecule has 190 valence electrons. The number of halogens is 1. The first-order valence-corrected chi connectivity index (χ1v) is 13.5. The Balaban J connectivity index is 1.82. The van der Waals surface area contributed by atoms with E-state index in [-0.39, 0.29) is 23.6 Å². The fourth-order valence-corrected chi connectivity index (χ4v) is 4.91. The van der Waals surface area contributed by atoms with Crippen LogP contribution in [0, 0.1) is 0 Å². The number of methoxy groups -OCH3 is 1. The smallest absolute Gasteiger partial charge is 0.243 e. The number of ether oxygens (including phenoxy) is 1. The molecule has 0 aliphatic heterocycles. The maximum Gasteiger partial charge on any atom is 0.243 e. The molecular formula is C29H33ClN2O3S. The van der Waals surface area contributed by atoms with Gasteiger partial charge in [0.2, 0.25) is 11.8 Å². The SMILES string of the molecule is COc1ccc(CSCC(=O)N(Cc2cccc(Cl)c2)[C@@H](Cc2ccccc2)C(=O)NC(C)C)cc1. The number of rotatable bonds is 12. The zero-order valence-corrected chi connectivity index (χ0v) is 22.5. The van der Waals surface area contributed by atoms with E-state index in [9.17, 15) is 9.59 Å². The molecule has 0 aliphatic carbocycles. The molecule has 5 nitrogen and oxygen atoms in total. The number of nitrogens with one attached hydrogen (secondary N) is 1. The number of carbonyl (C=O) groups excluding carboxylic acids is 2. The maximum atomic E-state index is 13.6. The number of hydrogen-bond acceptors (Lipinski definition) is 4. The molecule has 3 aromatic carbocycles. The van der Waals surface area contributed by atoms with Crippen molar-refractivity contribution in [1.29, 1.82) is 0 Å². The summed E-state index contributed by atoms with van der Waals surface area (Å²) >= 11 is 7.76. The number of nitrogens with zero attached hydrogens (tertiary/aromatic N) is 1. The maximum absolute atomic E-state index is 13.6. The van der Waals surface area contributed by atoms with Gasteiger partial charge in [-0.2, -0.15) is 0 Å². The van der Waals surface area contributed by atoms with Crippen molar-refractivity contribution in [3.05, 3.63) is 101 Å². The average Bonchev–Trinajstić information content (AvgIpc) is 2.86. The number of benzene rings is 3. The molecule has 0 saturated carbocycles. The first-order chi connectivity index (χ1) is 17.4. The van der Waals surface area contributed by atoms with E-state index in [0.29, 0.717) is 23.7 Å². The van der Waals surface area contributed by atoms with Crippen LogP contribution < -0.4 is 10.1 Å². The zero-order valence-electron chi connectivity index (χ0n) is 20.9. The Kier molecular flexibility index (Phi) is 10.7. The van der Waals surface area contributed by atoms with Gasteiger partial charge in [-0.05, 0) is 54.8 Å². The van der Waals surface area contributed by atoms with Gasteiger partial charge in [0.25, 0.3) is 0 Å². The molecule has 7 heteroatoms. The molecule has 2 amide bonds. The van der Waals surface area contributed by atoms with E-state index in [4.69, 9.17) is 16.3 Å². The molecule has 3 rings (SSSR count). The summed E-state index contributed by atoms with van der Waals surface area (Å²) in [7, 11) is 1.64. The molecular weight excluding hydrogens is 492 g/mol. The van der Waals surface area contributed by atoms with Gasteiger partial charge in [0, 0.05) is 29.8 Å².